The minimum absolute atomic E-state index is 0.0652. The smallest absolute Gasteiger partial charge is 0.243 e. The zero-order valence-electron chi connectivity index (χ0n) is 8.62. The van der Waals surface area contributed by atoms with Gasteiger partial charge in [-0.05, 0) is 31.0 Å². The first-order chi connectivity index (χ1) is 7.58. The molecule has 2 N–H and O–H groups in total. The SMILES string of the molecule is NC1CCCN(c2cc(Cl)cc(Cl)c2)C1=O. The first-order valence-corrected chi connectivity index (χ1v) is 5.86. The largest absolute Gasteiger partial charge is 0.320 e. The van der Waals surface area contributed by atoms with Crippen LogP contribution in [0.15, 0.2) is 18.2 Å². The van der Waals surface area contributed by atoms with Crippen LogP contribution in [0.1, 0.15) is 12.8 Å². The summed E-state index contributed by atoms with van der Waals surface area (Å²) in [6, 6.07) is 4.68. The van der Waals surface area contributed by atoms with E-state index in [-0.39, 0.29) is 5.91 Å². The summed E-state index contributed by atoms with van der Waals surface area (Å²) >= 11 is 11.8. The predicted molar refractivity (Wildman–Crippen MR) is 66.0 cm³/mol. The van der Waals surface area contributed by atoms with Gasteiger partial charge in [-0.2, -0.15) is 0 Å². The maximum absolute atomic E-state index is 11.9. The van der Waals surface area contributed by atoms with Gasteiger partial charge in [-0.1, -0.05) is 23.2 Å². The van der Waals surface area contributed by atoms with Crippen molar-refractivity contribution in [2.45, 2.75) is 18.9 Å². The molecule has 1 atom stereocenters. The molecule has 0 aliphatic carbocycles. The van der Waals surface area contributed by atoms with Crippen molar-refractivity contribution < 1.29 is 4.79 Å². The predicted octanol–water partition coefficient (Wildman–Crippen LogP) is 2.45. The van der Waals surface area contributed by atoms with Crippen LogP contribution in [0.3, 0.4) is 0 Å². The minimum Gasteiger partial charge on any atom is -0.320 e. The molecule has 1 unspecified atom stereocenters. The van der Waals surface area contributed by atoms with Gasteiger partial charge in [-0.3, -0.25) is 4.79 Å². The molecule has 0 spiro atoms. The molecule has 1 saturated heterocycles. The molecular weight excluding hydrogens is 247 g/mol. The highest BCUT2D eigenvalue weighted by Gasteiger charge is 2.26. The summed E-state index contributed by atoms with van der Waals surface area (Å²) in [5.41, 5.74) is 6.44. The number of carbonyl (C=O) groups is 1. The van der Waals surface area contributed by atoms with Crippen LogP contribution in [0, 0.1) is 0 Å². The Morgan fingerprint density at radius 2 is 1.88 bits per heavy atom. The second-order valence-electron chi connectivity index (χ2n) is 3.87. The fourth-order valence-corrected chi connectivity index (χ4v) is 2.37. The number of piperidine rings is 1. The van der Waals surface area contributed by atoms with Crippen LogP contribution in [0.2, 0.25) is 10.0 Å². The zero-order chi connectivity index (χ0) is 11.7. The van der Waals surface area contributed by atoms with E-state index in [1.165, 1.54) is 0 Å². The second kappa shape index (κ2) is 4.62. The Bertz CT molecular complexity index is 402. The van der Waals surface area contributed by atoms with Gasteiger partial charge < -0.3 is 10.6 Å². The van der Waals surface area contributed by atoms with E-state index in [4.69, 9.17) is 28.9 Å². The number of hydrogen-bond donors (Lipinski definition) is 1. The highest BCUT2D eigenvalue weighted by molar-refractivity contribution is 6.35. The van der Waals surface area contributed by atoms with Crippen molar-refractivity contribution in [2.24, 2.45) is 5.73 Å². The Balaban J connectivity index is 2.32. The van der Waals surface area contributed by atoms with Gasteiger partial charge in [0.1, 0.15) is 0 Å². The van der Waals surface area contributed by atoms with E-state index in [9.17, 15) is 4.79 Å². The molecule has 1 aliphatic rings. The van der Waals surface area contributed by atoms with Crippen molar-refractivity contribution in [3.8, 4) is 0 Å². The standard InChI is InChI=1S/C11H12Cl2N2O/c12-7-4-8(13)6-9(5-7)15-3-1-2-10(14)11(15)16/h4-6,10H,1-3,14H2. The number of benzene rings is 1. The fourth-order valence-electron chi connectivity index (χ4n) is 1.85. The molecule has 0 aromatic heterocycles. The van der Waals surface area contributed by atoms with E-state index in [1.807, 2.05) is 0 Å². The van der Waals surface area contributed by atoms with E-state index in [0.29, 0.717) is 16.6 Å². The van der Waals surface area contributed by atoms with Crippen molar-refractivity contribution in [2.75, 3.05) is 11.4 Å². The van der Waals surface area contributed by atoms with Crippen molar-refractivity contribution in [3.05, 3.63) is 28.2 Å². The summed E-state index contributed by atoms with van der Waals surface area (Å²) in [6.07, 6.45) is 1.64. The lowest BCUT2D eigenvalue weighted by Crippen LogP contribution is -2.48. The van der Waals surface area contributed by atoms with Crippen molar-refractivity contribution in [1.29, 1.82) is 0 Å². The lowest BCUT2D eigenvalue weighted by molar-refractivity contribution is -0.120. The number of amides is 1. The summed E-state index contributed by atoms with van der Waals surface area (Å²) in [5, 5.41) is 1.05. The maximum Gasteiger partial charge on any atom is 0.243 e. The monoisotopic (exact) mass is 258 g/mol. The maximum atomic E-state index is 11.9. The molecule has 1 amide bonds. The third-order valence-electron chi connectivity index (χ3n) is 2.64. The normalized spacial score (nSPS) is 21.3. The fraction of sp³-hybridized carbons (Fsp3) is 0.364. The molecule has 1 heterocycles. The van der Waals surface area contributed by atoms with Crippen molar-refractivity contribution >= 4 is 34.8 Å². The van der Waals surface area contributed by atoms with E-state index < -0.39 is 6.04 Å². The number of halogens is 2. The van der Waals surface area contributed by atoms with Gasteiger partial charge in [0.15, 0.2) is 0 Å². The van der Waals surface area contributed by atoms with E-state index in [0.717, 1.165) is 18.5 Å². The Hall–Kier alpha value is -0.770. The quantitative estimate of drug-likeness (QED) is 0.842. The number of rotatable bonds is 1. The molecule has 2 rings (SSSR count). The van der Waals surface area contributed by atoms with Crippen LogP contribution < -0.4 is 10.6 Å². The van der Waals surface area contributed by atoms with Gasteiger partial charge in [0, 0.05) is 22.3 Å². The Morgan fingerprint density at radius 3 is 2.50 bits per heavy atom. The van der Waals surface area contributed by atoms with Gasteiger partial charge >= 0.3 is 0 Å². The Labute approximate surface area is 104 Å². The van der Waals surface area contributed by atoms with Gasteiger partial charge in [0.05, 0.1) is 6.04 Å². The highest BCUT2D eigenvalue weighted by atomic mass is 35.5. The number of nitrogens with two attached hydrogens (primary N) is 1. The first kappa shape index (κ1) is 11.7. The van der Waals surface area contributed by atoms with Gasteiger partial charge in [0.25, 0.3) is 0 Å². The van der Waals surface area contributed by atoms with Crippen LogP contribution in [-0.4, -0.2) is 18.5 Å². The Kier molecular flexibility index (Phi) is 3.38. The van der Waals surface area contributed by atoms with Crippen LogP contribution in [0.4, 0.5) is 5.69 Å². The van der Waals surface area contributed by atoms with Crippen molar-refractivity contribution in [1.82, 2.24) is 0 Å². The molecule has 0 bridgehead atoms. The average Bonchev–Trinajstić information content (AvgIpc) is 2.20. The molecule has 5 heteroatoms. The van der Waals surface area contributed by atoms with Gasteiger partial charge in [-0.15, -0.1) is 0 Å². The third-order valence-corrected chi connectivity index (χ3v) is 3.08. The first-order valence-electron chi connectivity index (χ1n) is 5.11. The summed E-state index contributed by atoms with van der Waals surface area (Å²) in [7, 11) is 0. The van der Waals surface area contributed by atoms with E-state index in [1.54, 1.807) is 23.1 Å². The highest BCUT2D eigenvalue weighted by Crippen LogP contribution is 2.27. The molecule has 3 nitrogen and oxygen atoms in total. The van der Waals surface area contributed by atoms with Crippen molar-refractivity contribution in [3.63, 3.8) is 0 Å². The zero-order valence-corrected chi connectivity index (χ0v) is 10.1. The second-order valence-corrected chi connectivity index (χ2v) is 4.74. The molecule has 1 fully saturated rings. The number of carbonyl (C=O) groups excluding carboxylic acids is 1. The lowest BCUT2D eigenvalue weighted by atomic mass is 10.1. The molecule has 86 valence electrons. The number of hydrogen-bond acceptors (Lipinski definition) is 2. The molecule has 1 aromatic carbocycles. The molecule has 1 aromatic rings. The molecule has 16 heavy (non-hydrogen) atoms. The molecular formula is C11H12Cl2N2O. The lowest BCUT2D eigenvalue weighted by Gasteiger charge is -2.30. The summed E-state index contributed by atoms with van der Waals surface area (Å²) < 4.78 is 0. The summed E-state index contributed by atoms with van der Waals surface area (Å²) in [4.78, 5) is 13.5. The summed E-state index contributed by atoms with van der Waals surface area (Å²) in [5.74, 6) is -0.0652. The molecule has 1 aliphatic heterocycles. The van der Waals surface area contributed by atoms with Crippen LogP contribution >= 0.6 is 23.2 Å². The van der Waals surface area contributed by atoms with Crippen LogP contribution in [0.5, 0.6) is 0 Å². The topological polar surface area (TPSA) is 46.3 Å². The van der Waals surface area contributed by atoms with Crippen LogP contribution in [0.25, 0.3) is 0 Å². The average molecular weight is 259 g/mol. The third kappa shape index (κ3) is 2.32. The van der Waals surface area contributed by atoms with Crippen LogP contribution in [-0.2, 0) is 4.79 Å². The summed E-state index contributed by atoms with van der Waals surface area (Å²) in [6.45, 7) is 0.670. The van der Waals surface area contributed by atoms with E-state index >= 15 is 0 Å². The van der Waals surface area contributed by atoms with E-state index in [2.05, 4.69) is 0 Å². The Morgan fingerprint density at radius 1 is 1.25 bits per heavy atom. The minimum atomic E-state index is -0.411. The van der Waals surface area contributed by atoms with Gasteiger partial charge in [-0.25, -0.2) is 0 Å². The number of nitrogens with zero attached hydrogens (tertiary/aromatic N) is 1. The van der Waals surface area contributed by atoms with Gasteiger partial charge in [0.2, 0.25) is 5.91 Å². The molecule has 0 radical (unpaired) electrons. The molecule has 0 saturated carbocycles. The number of anilines is 1.